The van der Waals surface area contributed by atoms with Crippen LogP contribution in [-0.2, 0) is 14.9 Å². The molecule has 0 bridgehead atoms. The number of rotatable bonds is 8. The molecule has 0 unspecified atom stereocenters. The summed E-state index contributed by atoms with van der Waals surface area (Å²) in [5.74, 6) is 0.141. The molecule has 1 saturated carbocycles. The Morgan fingerprint density at radius 1 is 1.17 bits per heavy atom. The topological polar surface area (TPSA) is 70.7 Å². The molecule has 0 aromatic heterocycles. The number of alkyl halides is 2. The van der Waals surface area contributed by atoms with Crippen molar-refractivity contribution >= 4 is 10.2 Å². The Balaban J connectivity index is 1.51. The molecule has 170 valence electrons. The lowest BCUT2D eigenvalue weighted by Crippen LogP contribution is -2.57. The van der Waals surface area contributed by atoms with Gasteiger partial charge in [0, 0.05) is 31.7 Å². The van der Waals surface area contributed by atoms with Crippen LogP contribution in [0.3, 0.4) is 0 Å². The summed E-state index contributed by atoms with van der Waals surface area (Å²) < 4.78 is 61.1. The summed E-state index contributed by atoms with van der Waals surface area (Å²) in [6.07, 6.45) is 2.60. The number of hydrogen-bond acceptors (Lipinski definition) is 4. The molecule has 1 aliphatic carbocycles. The number of hydrogen-bond donors (Lipinski definition) is 2. The highest BCUT2D eigenvalue weighted by molar-refractivity contribution is 7.87. The Hall–Kier alpha value is -1.13. The fourth-order valence-electron chi connectivity index (χ4n) is 4.43. The molecule has 1 aromatic rings. The van der Waals surface area contributed by atoms with E-state index in [1.165, 1.54) is 24.5 Å². The average molecular weight is 446 g/mol. The third-order valence-corrected chi connectivity index (χ3v) is 7.78. The van der Waals surface area contributed by atoms with Gasteiger partial charge < -0.3 is 10.1 Å². The second-order valence-corrected chi connectivity index (χ2v) is 10.4. The first-order valence-corrected chi connectivity index (χ1v) is 12.1. The van der Waals surface area contributed by atoms with Crippen LogP contribution in [-0.4, -0.2) is 58.2 Å². The Kier molecular flexibility index (Phi) is 8.20. The Morgan fingerprint density at radius 3 is 2.53 bits per heavy atom. The van der Waals surface area contributed by atoms with E-state index in [9.17, 15) is 17.2 Å². The lowest BCUT2D eigenvalue weighted by atomic mass is 9.81. The molecule has 0 radical (unpaired) electrons. The van der Waals surface area contributed by atoms with E-state index in [-0.39, 0.29) is 29.7 Å². The molecule has 3 rings (SSSR count). The van der Waals surface area contributed by atoms with Crippen LogP contribution in [0.1, 0.15) is 62.0 Å². The van der Waals surface area contributed by atoms with Gasteiger partial charge in [0.1, 0.15) is 0 Å². The molecule has 1 heterocycles. The van der Waals surface area contributed by atoms with Gasteiger partial charge >= 0.3 is 0 Å². The zero-order valence-corrected chi connectivity index (χ0v) is 18.5. The molecule has 1 aliphatic heterocycles. The smallest absolute Gasteiger partial charge is 0.279 e. The molecule has 1 aromatic carbocycles. The van der Waals surface area contributed by atoms with E-state index < -0.39 is 16.6 Å². The number of nitrogens with zero attached hydrogens (tertiary/aromatic N) is 1. The third kappa shape index (κ3) is 5.97. The highest BCUT2D eigenvalue weighted by Crippen LogP contribution is 2.38. The number of ether oxygens (including phenoxy) is 1. The van der Waals surface area contributed by atoms with Gasteiger partial charge in [0.15, 0.2) is 0 Å². The fraction of sp³-hybridized carbons (Fsp3) is 0.714. The maximum atomic E-state index is 13.3. The summed E-state index contributed by atoms with van der Waals surface area (Å²) in [4.78, 5) is 0. The zero-order valence-electron chi connectivity index (χ0n) is 17.7. The summed E-state index contributed by atoms with van der Waals surface area (Å²) >= 11 is 0. The molecular weight excluding hydrogens is 412 g/mol. The predicted molar refractivity (Wildman–Crippen MR) is 113 cm³/mol. The molecular formula is C21H33F2N3O3S. The van der Waals surface area contributed by atoms with Crippen molar-refractivity contribution in [2.75, 3.05) is 27.2 Å². The zero-order chi connectivity index (χ0) is 21.7. The van der Waals surface area contributed by atoms with E-state index in [1.807, 2.05) is 12.1 Å². The van der Waals surface area contributed by atoms with E-state index in [0.717, 1.165) is 50.6 Å². The van der Waals surface area contributed by atoms with Crippen LogP contribution < -0.4 is 10.0 Å². The predicted octanol–water partition coefficient (Wildman–Crippen LogP) is 3.18. The molecule has 6 nitrogen and oxygen atoms in total. The number of benzene rings is 1. The van der Waals surface area contributed by atoms with Crippen LogP contribution in [0, 0.1) is 0 Å². The van der Waals surface area contributed by atoms with Crippen LogP contribution in [0.15, 0.2) is 24.3 Å². The first-order valence-electron chi connectivity index (χ1n) is 10.7. The van der Waals surface area contributed by atoms with Crippen molar-refractivity contribution in [3.8, 4) is 0 Å². The minimum absolute atomic E-state index is 0.0780. The molecule has 2 aliphatic rings. The molecule has 1 saturated heterocycles. The highest BCUT2D eigenvalue weighted by atomic mass is 32.2. The van der Waals surface area contributed by atoms with Crippen molar-refractivity contribution in [1.82, 2.24) is 14.3 Å². The number of nitrogens with one attached hydrogen (secondary N) is 2. The van der Waals surface area contributed by atoms with Crippen molar-refractivity contribution in [2.24, 2.45) is 0 Å². The van der Waals surface area contributed by atoms with Gasteiger partial charge in [0.25, 0.3) is 16.6 Å². The van der Waals surface area contributed by atoms with Crippen LogP contribution in [0.5, 0.6) is 0 Å². The summed E-state index contributed by atoms with van der Waals surface area (Å²) in [6, 6.07) is 6.55. The largest absolute Gasteiger partial charge is 0.377 e. The summed E-state index contributed by atoms with van der Waals surface area (Å²) in [7, 11) is -0.479. The first kappa shape index (κ1) is 23.5. The van der Waals surface area contributed by atoms with Crippen LogP contribution in [0.4, 0.5) is 8.78 Å². The molecule has 9 heteroatoms. The van der Waals surface area contributed by atoms with Gasteiger partial charge in [-0.1, -0.05) is 24.3 Å². The average Bonchev–Trinajstić information content (AvgIpc) is 2.73. The van der Waals surface area contributed by atoms with Crippen molar-refractivity contribution in [2.45, 2.75) is 69.1 Å². The van der Waals surface area contributed by atoms with Crippen molar-refractivity contribution in [1.29, 1.82) is 0 Å². The van der Waals surface area contributed by atoms with Gasteiger partial charge in [-0.2, -0.15) is 17.4 Å². The summed E-state index contributed by atoms with van der Waals surface area (Å²) in [5.41, 5.74) is 0.905. The third-order valence-electron chi connectivity index (χ3n) is 6.22. The summed E-state index contributed by atoms with van der Waals surface area (Å²) in [5, 5.41) is 3.37. The maximum Gasteiger partial charge on any atom is 0.279 e. The normalized spacial score (nSPS) is 28.2. The Morgan fingerprint density at radius 2 is 1.87 bits per heavy atom. The SMILES string of the molecule is CN(C)S(=O)(=O)N[C@H]1CCCN[C@H]1COC1CCC(c2ccccc2C(F)F)CC1. The van der Waals surface area contributed by atoms with Crippen molar-refractivity contribution in [3.05, 3.63) is 35.4 Å². The quantitative estimate of drug-likeness (QED) is 0.645. The molecule has 0 spiro atoms. The van der Waals surface area contributed by atoms with Crippen LogP contribution >= 0.6 is 0 Å². The second-order valence-electron chi connectivity index (χ2n) is 8.45. The minimum atomic E-state index is -3.50. The Labute approximate surface area is 178 Å². The fourth-order valence-corrected chi connectivity index (χ4v) is 5.30. The van der Waals surface area contributed by atoms with Crippen molar-refractivity contribution < 1.29 is 21.9 Å². The number of halogens is 2. The molecule has 2 fully saturated rings. The number of piperidine rings is 1. The molecule has 0 amide bonds. The van der Waals surface area contributed by atoms with E-state index in [1.54, 1.807) is 6.07 Å². The van der Waals surface area contributed by atoms with Gasteiger partial charge in [-0.05, 0) is 56.6 Å². The molecule has 30 heavy (non-hydrogen) atoms. The van der Waals surface area contributed by atoms with Gasteiger partial charge in [-0.3, -0.25) is 0 Å². The van der Waals surface area contributed by atoms with E-state index in [2.05, 4.69) is 10.0 Å². The Bertz CT molecular complexity index is 783. The lowest BCUT2D eigenvalue weighted by Gasteiger charge is -2.35. The van der Waals surface area contributed by atoms with Crippen LogP contribution in [0.25, 0.3) is 0 Å². The van der Waals surface area contributed by atoms with Crippen LogP contribution in [0.2, 0.25) is 0 Å². The van der Waals surface area contributed by atoms with Gasteiger partial charge in [0.2, 0.25) is 0 Å². The molecule has 2 N–H and O–H groups in total. The first-order chi connectivity index (χ1) is 14.3. The highest BCUT2D eigenvalue weighted by Gasteiger charge is 2.31. The van der Waals surface area contributed by atoms with Crippen molar-refractivity contribution in [3.63, 3.8) is 0 Å². The monoisotopic (exact) mass is 445 g/mol. The minimum Gasteiger partial charge on any atom is -0.377 e. The standard InChI is InChI=1S/C21H33F2N3O3S/c1-26(2)30(27,28)25-19-8-5-13-24-20(19)14-29-16-11-9-15(10-12-16)17-6-3-4-7-18(17)21(22)23/h3-4,6-7,15-16,19-21,24-25H,5,8-14H2,1-2H3/t15?,16?,19-,20-/m0/s1. The van der Waals surface area contributed by atoms with Gasteiger partial charge in [-0.15, -0.1) is 0 Å². The maximum absolute atomic E-state index is 13.3. The van der Waals surface area contributed by atoms with Gasteiger partial charge in [0.05, 0.1) is 12.7 Å². The van der Waals surface area contributed by atoms with E-state index in [4.69, 9.17) is 4.74 Å². The van der Waals surface area contributed by atoms with E-state index >= 15 is 0 Å². The lowest BCUT2D eigenvalue weighted by molar-refractivity contribution is 0.00497. The molecule has 2 atom stereocenters. The van der Waals surface area contributed by atoms with Gasteiger partial charge in [-0.25, -0.2) is 8.78 Å². The second kappa shape index (κ2) is 10.5. The van der Waals surface area contributed by atoms with E-state index in [0.29, 0.717) is 6.61 Å². The summed E-state index contributed by atoms with van der Waals surface area (Å²) in [6.45, 7) is 1.27.